The number of thioether (sulfide) groups is 1. The van der Waals surface area contributed by atoms with E-state index in [4.69, 9.17) is 4.74 Å². The molecule has 0 bridgehead atoms. The number of nitrogens with zero attached hydrogens (tertiary/aromatic N) is 2. The zero-order chi connectivity index (χ0) is 22.3. The van der Waals surface area contributed by atoms with Crippen molar-refractivity contribution < 1.29 is 9.53 Å². The predicted molar refractivity (Wildman–Crippen MR) is 131 cm³/mol. The van der Waals surface area contributed by atoms with Crippen LogP contribution >= 0.6 is 23.1 Å². The summed E-state index contributed by atoms with van der Waals surface area (Å²) < 4.78 is 6.92. The molecule has 2 aromatic heterocycles. The second-order valence-electron chi connectivity index (χ2n) is 7.04. The fourth-order valence-corrected chi connectivity index (χ4v) is 5.12. The molecule has 0 saturated carbocycles. The molecule has 4 aromatic rings. The van der Waals surface area contributed by atoms with Crippen LogP contribution in [-0.4, -0.2) is 27.9 Å². The number of esters is 1. The number of aromatic nitrogens is 2. The fraction of sp³-hybridized carbons (Fsp3) is 0.160. The molecule has 0 fully saturated rings. The van der Waals surface area contributed by atoms with Crippen molar-refractivity contribution >= 4 is 39.3 Å². The molecular weight excluding hydrogens is 440 g/mol. The Balaban J connectivity index is 1.51. The third-order valence-electron chi connectivity index (χ3n) is 4.87. The smallest absolute Gasteiger partial charge is 0.316 e. The van der Waals surface area contributed by atoms with Gasteiger partial charge in [-0.2, -0.15) is 0 Å². The van der Waals surface area contributed by atoms with Crippen LogP contribution in [0, 0.1) is 0 Å². The summed E-state index contributed by atoms with van der Waals surface area (Å²) in [6, 6.07) is 19.7. The van der Waals surface area contributed by atoms with Crippen molar-refractivity contribution in [1.82, 2.24) is 9.55 Å². The van der Waals surface area contributed by atoms with Gasteiger partial charge in [0.05, 0.1) is 17.7 Å². The maximum Gasteiger partial charge on any atom is 0.316 e. The summed E-state index contributed by atoms with van der Waals surface area (Å²) in [5.41, 5.74) is 2.84. The third kappa shape index (κ3) is 5.00. The largest absolute Gasteiger partial charge is 0.465 e. The molecule has 0 saturated heterocycles. The molecule has 0 aliphatic rings. The average molecular weight is 463 g/mol. The lowest BCUT2D eigenvalue weighted by atomic mass is 10.1. The van der Waals surface area contributed by atoms with Crippen LogP contribution in [0.5, 0.6) is 0 Å². The molecule has 7 heteroatoms. The van der Waals surface area contributed by atoms with Crippen LogP contribution in [0.15, 0.2) is 88.6 Å². The number of ether oxygens (including phenoxy) is 1. The minimum atomic E-state index is -0.332. The molecule has 162 valence electrons. The molecule has 5 nitrogen and oxygen atoms in total. The highest BCUT2D eigenvalue weighted by Gasteiger charge is 2.18. The lowest BCUT2D eigenvalue weighted by molar-refractivity contribution is -0.140. The lowest BCUT2D eigenvalue weighted by Gasteiger charge is -2.11. The number of hydrogen-bond acceptors (Lipinski definition) is 6. The second-order valence-corrected chi connectivity index (χ2v) is 8.84. The van der Waals surface area contributed by atoms with Gasteiger partial charge in [0.15, 0.2) is 5.16 Å². The van der Waals surface area contributed by atoms with Gasteiger partial charge in [-0.25, -0.2) is 4.98 Å². The van der Waals surface area contributed by atoms with Crippen molar-refractivity contribution in [2.24, 2.45) is 0 Å². The van der Waals surface area contributed by atoms with Crippen LogP contribution in [0.25, 0.3) is 21.3 Å². The number of allylic oxidation sites excluding steroid dienone is 1. The van der Waals surface area contributed by atoms with Crippen molar-refractivity contribution in [3.05, 3.63) is 94.6 Å². The van der Waals surface area contributed by atoms with Crippen molar-refractivity contribution in [3.63, 3.8) is 0 Å². The van der Waals surface area contributed by atoms with Gasteiger partial charge in [0.1, 0.15) is 4.83 Å². The predicted octanol–water partition coefficient (Wildman–Crippen LogP) is 5.19. The number of hydrogen-bond donors (Lipinski definition) is 0. The van der Waals surface area contributed by atoms with Crippen molar-refractivity contribution in [2.45, 2.75) is 18.1 Å². The Morgan fingerprint density at radius 2 is 1.84 bits per heavy atom. The Morgan fingerprint density at radius 1 is 1.12 bits per heavy atom. The van der Waals surface area contributed by atoms with E-state index in [2.05, 4.69) is 11.6 Å². The number of rotatable bonds is 9. The summed E-state index contributed by atoms with van der Waals surface area (Å²) >= 11 is 2.64. The molecule has 0 spiro atoms. The molecular formula is C25H22N2O3S2. The summed E-state index contributed by atoms with van der Waals surface area (Å²) in [5.74, 6) is -0.248. The number of fused-ring (bicyclic) bond motifs is 1. The molecule has 0 amide bonds. The molecule has 0 atom stereocenters. The van der Waals surface area contributed by atoms with E-state index in [-0.39, 0.29) is 17.3 Å². The fourth-order valence-electron chi connectivity index (χ4n) is 3.33. The number of carbonyl (C=O) groups is 1. The van der Waals surface area contributed by atoms with E-state index in [0.29, 0.717) is 34.9 Å². The highest BCUT2D eigenvalue weighted by Crippen LogP contribution is 2.32. The normalized spacial score (nSPS) is 10.9. The summed E-state index contributed by atoms with van der Waals surface area (Å²) in [7, 11) is 0. The van der Waals surface area contributed by atoms with Gasteiger partial charge >= 0.3 is 5.97 Å². The zero-order valence-electron chi connectivity index (χ0n) is 17.4. The first kappa shape index (κ1) is 22.0. The van der Waals surface area contributed by atoms with Crippen LogP contribution in [-0.2, 0) is 22.5 Å². The first-order chi connectivity index (χ1) is 15.7. The van der Waals surface area contributed by atoms with Crippen LogP contribution in [0.3, 0.4) is 0 Å². The number of carbonyl (C=O) groups excluding carboxylic acids is 1. The van der Waals surface area contributed by atoms with Gasteiger partial charge in [-0.15, -0.1) is 17.9 Å². The Morgan fingerprint density at radius 3 is 2.56 bits per heavy atom. The van der Waals surface area contributed by atoms with Gasteiger partial charge in [0, 0.05) is 23.9 Å². The Kier molecular flexibility index (Phi) is 7.19. The Labute approximate surface area is 194 Å². The molecule has 2 aromatic carbocycles. The van der Waals surface area contributed by atoms with Crippen molar-refractivity contribution in [3.8, 4) is 11.1 Å². The molecule has 4 rings (SSSR count). The van der Waals surface area contributed by atoms with E-state index in [1.807, 2.05) is 66.0 Å². The SMILES string of the molecule is C=CCn1c(SCC(=O)OCCc2ccccc2)nc2scc(-c3ccccc3)c2c1=O. The molecule has 0 unspecified atom stereocenters. The standard InChI is InChI=1S/C25H22N2O3S2/c1-2-14-27-24(29)22-20(19-11-7-4-8-12-19)16-31-23(22)26-25(27)32-17-21(28)30-15-13-18-9-5-3-6-10-18/h2-12,16H,1,13-15,17H2. The van der Waals surface area contributed by atoms with Gasteiger partial charge < -0.3 is 4.74 Å². The maximum absolute atomic E-state index is 13.3. The summed E-state index contributed by atoms with van der Waals surface area (Å²) in [4.78, 5) is 30.9. The van der Waals surface area contributed by atoms with Gasteiger partial charge in [-0.3, -0.25) is 14.2 Å². The summed E-state index contributed by atoms with van der Waals surface area (Å²) in [5, 5.41) is 3.04. The summed E-state index contributed by atoms with van der Waals surface area (Å²) in [6.07, 6.45) is 2.33. The van der Waals surface area contributed by atoms with Gasteiger partial charge in [-0.05, 0) is 11.1 Å². The van der Waals surface area contributed by atoms with E-state index in [9.17, 15) is 9.59 Å². The molecule has 0 aliphatic carbocycles. The molecule has 2 heterocycles. The highest BCUT2D eigenvalue weighted by molar-refractivity contribution is 7.99. The van der Waals surface area contributed by atoms with Gasteiger partial charge in [0.2, 0.25) is 0 Å². The van der Waals surface area contributed by atoms with E-state index in [0.717, 1.165) is 16.7 Å². The van der Waals surface area contributed by atoms with Crippen molar-refractivity contribution in [2.75, 3.05) is 12.4 Å². The van der Waals surface area contributed by atoms with E-state index in [1.54, 1.807) is 10.6 Å². The van der Waals surface area contributed by atoms with Crippen LogP contribution < -0.4 is 5.56 Å². The van der Waals surface area contributed by atoms with Crippen molar-refractivity contribution in [1.29, 1.82) is 0 Å². The second kappa shape index (κ2) is 10.4. The van der Waals surface area contributed by atoms with E-state index >= 15 is 0 Å². The van der Waals surface area contributed by atoms with E-state index in [1.165, 1.54) is 23.1 Å². The zero-order valence-corrected chi connectivity index (χ0v) is 19.0. The van der Waals surface area contributed by atoms with Crippen LogP contribution in [0.4, 0.5) is 0 Å². The Hall–Kier alpha value is -3.16. The third-order valence-corrected chi connectivity index (χ3v) is 6.69. The molecule has 32 heavy (non-hydrogen) atoms. The first-order valence-corrected chi connectivity index (χ1v) is 12.0. The number of benzene rings is 2. The lowest BCUT2D eigenvalue weighted by Crippen LogP contribution is -2.23. The summed E-state index contributed by atoms with van der Waals surface area (Å²) in [6.45, 7) is 4.40. The molecule has 0 N–H and O–H groups in total. The van der Waals surface area contributed by atoms with Gasteiger partial charge in [-0.1, -0.05) is 78.5 Å². The molecule has 0 radical (unpaired) electrons. The Bertz CT molecular complexity index is 1280. The maximum atomic E-state index is 13.3. The minimum absolute atomic E-state index is 0.0841. The highest BCUT2D eigenvalue weighted by atomic mass is 32.2. The quantitative estimate of drug-likeness (QED) is 0.148. The first-order valence-electron chi connectivity index (χ1n) is 10.2. The number of thiophene rings is 1. The average Bonchev–Trinajstić information content (AvgIpc) is 3.25. The molecule has 0 aliphatic heterocycles. The van der Waals surface area contributed by atoms with E-state index < -0.39 is 0 Å². The topological polar surface area (TPSA) is 61.2 Å². The van der Waals surface area contributed by atoms with Crippen LogP contribution in [0.1, 0.15) is 5.56 Å². The van der Waals surface area contributed by atoms with Gasteiger partial charge in [0.25, 0.3) is 5.56 Å². The monoisotopic (exact) mass is 462 g/mol. The van der Waals surface area contributed by atoms with Crippen LogP contribution in [0.2, 0.25) is 0 Å². The minimum Gasteiger partial charge on any atom is -0.465 e.